The topological polar surface area (TPSA) is 33.2 Å². The van der Waals surface area contributed by atoms with Crippen LogP contribution >= 0.6 is 38.9 Å². The van der Waals surface area contributed by atoms with Crippen LogP contribution in [0.25, 0.3) is 10.2 Å². The number of nitrogens with zero attached hydrogens (tertiary/aromatic N) is 2. The predicted molar refractivity (Wildman–Crippen MR) is 125 cm³/mol. The third-order valence-corrected chi connectivity index (χ3v) is 6.68. The van der Waals surface area contributed by atoms with Crippen LogP contribution in [0, 0.1) is 13.8 Å². The van der Waals surface area contributed by atoms with Gasteiger partial charge in [-0.2, -0.15) is 0 Å². The molecule has 146 valence electrons. The van der Waals surface area contributed by atoms with Gasteiger partial charge in [-0.25, -0.2) is 4.98 Å². The zero-order valence-electron chi connectivity index (χ0n) is 15.9. The van der Waals surface area contributed by atoms with E-state index in [2.05, 4.69) is 41.9 Å². The minimum absolute atomic E-state index is 0.173. The first-order chi connectivity index (χ1) is 13.9. The molecule has 4 aromatic rings. The standard InChI is InChI=1S/C23H18BrClN2OS/c1-14-10-15(2)21-20(11-14)26-23(29-21)27(13-16-6-4-3-5-7-16)22(28)18-12-17(24)8-9-19(18)25/h3-12H,13H2,1-2H3. The van der Waals surface area contributed by atoms with E-state index in [1.807, 2.05) is 36.4 Å². The van der Waals surface area contributed by atoms with Gasteiger partial charge in [0.1, 0.15) is 0 Å². The van der Waals surface area contributed by atoms with Gasteiger partial charge < -0.3 is 0 Å². The van der Waals surface area contributed by atoms with Crippen molar-refractivity contribution in [1.82, 2.24) is 4.98 Å². The molecule has 0 N–H and O–H groups in total. The van der Waals surface area contributed by atoms with E-state index < -0.39 is 0 Å². The van der Waals surface area contributed by atoms with Crippen molar-refractivity contribution in [2.24, 2.45) is 0 Å². The van der Waals surface area contributed by atoms with Crippen molar-refractivity contribution in [3.63, 3.8) is 0 Å². The minimum Gasteiger partial charge on any atom is -0.279 e. The maximum absolute atomic E-state index is 13.5. The van der Waals surface area contributed by atoms with Gasteiger partial charge in [0.05, 0.1) is 27.3 Å². The van der Waals surface area contributed by atoms with Gasteiger partial charge in [0.25, 0.3) is 5.91 Å². The molecule has 0 radical (unpaired) electrons. The Morgan fingerprint density at radius 1 is 1.10 bits per heavy atom. The van der Waals surface area contributed by atoms with E-state index in [0.717, 1.165) is 31.4 Å². The van der Waals surface area contributed by atoms with Crippen LogP contribution in [0.2, 0.25) is 5.02 Å². The van der Waals surface area contributed by atoms with E-state index in [0.29, 0.717) is 22.3 Å². The molecule has 1 aromatic heterocycles. The number of rotatable bonds is 4. The number of fused-ring (bicyclic) bond motifs is 1. The zero-order valence-corrected chi connectivity index (χ0v) is 19.1. The lowest BCUT2D eigenvalue weighted by atomic mass is 10.1. The molecule has 0 saturated carbocycles. The maximum atomic E-state index is 13.5. The van der Waals surface area contributed by atoms with Gasteiger partial charge in [0.2, 0.25) is 0 Å². The number of hydrogen-bond acceptors (Lipinski definition) is 3. The molecule has 0 aliphatic rings. The number of aromatic nitrogens is 1. The molecule has 3 aromatic carbocycles. The first-order valence-corrected chi connectivity index (χ1v) is 11.1. The third-order valence-electron chi connectivity index (χ3n) is 4.63. The van der Waals surface area contributed by atoms with Gasteiger partial charge in [-0.3, -0.25) is 9.69 Å². The average Bonchev–Trinajstić information content (AvgIpc) is 3.12. The van der Waals surface area contributed by atoms with Gasteiger partial charge in [0, 0.05) is 4.47 Å². The lowest BCUT2D eigenvalue weighted by molar-refractivity contribution is 0.0985. The first-order valence-electron chi connectivity index (χ1n) is 9.11. The summed E-state index contributed by atoms with van der Waals surface area (Å²) >= 11 is 11.3. The maximum Gasteiger partial charge on any atom is 0.261 e. The summed E-state index contributed by atoms with van der Waals surface area (Å²) in [6, 6.07) is 19.4. The molecule has 29 heavy (non-hydrogen) atoms. The summed E-state index contributed by atoms with van der Waals surface area (Å²) in [5.41, 5.74) is 4.70. The Balaban J connectivity index is 1.83. The van der Waals surface area contributed by atoms with Crippen molar-refractivity contribution in [3.8, 4) is 0 Å². The summed E-state index contributed by atoms with van der Waals surface area (Å²) in [4.78, 5) is 20.0. The quantitative estimate of drug-likeness (QED) is 0.307. The number of carbonyl (C=O) groups excluding carboxylic acids is 1. The van der Waals surface area contributed by atoms with Crippen LogP contribution in [0.3, 0.4) is 0 Å². The predicted octanol–water partition coefficient (Wildman–Crippen LogP) is 7.18. The lowest BCUT2D eigenvalue weighted by Crippen LogP contribution is -2.30. The SMILES string of the molecule is Cc1cc(C)c2sc(N(Cc3ccccc3)C(=O)c3cc(Br)ccc3Cl)nc2c1. The van der Waals surface area contributed by atoms with E-state index in [1.165, 1.54) is 11.3 Å². The molecule has 3 nitrogen and oxygen atoms in total. The number of carbonyl (C=O) groups is 1. The van der Waals surface area contributed by atoms with Crippen LogP contribution in [-0.4, -0.2) is 10.9 Å². The highest BCUT2D eigenvalue weighted by Crippen LogP contribution is 2.34. The first kappa shape index (κ1) is 20.1. The number of thiazole rings is 1. The zero-order chi connectivity index (χ0) is 20.5. The molecule has 1 amide bonds. The fourth-order valence-electron chi connectivity index (χ4n) is 3.28. The Labute approximate surface area is 187 Å². The summed E-state index contributed by atoms with van der Waals surface area (Å²) in [5, 5.41) is 1.09. The fourth-order valence-corrected chi connectivity index (χ4v) is 4.85. The van der Waals surface area contributed by atoms with Crippen LogP contribution in [-0.2, 0) is 6.54 Å². The van der Waals surface area contributed by atoms with Gasteiger partial charge in [-0.15, -0.1) is 0 Å². The fraction of sp³-hybridized carbons (Fsp3) is 0.130. The van der Waals surface area contributed by atoms with Crippen LogP contribution in [0.4, 0.5) is 5.13 Å². The minimum atomic E-state index is -0.173. The second-order valence-corrected chi connectivity index (χ2v) is 9.23. The van der Waals surface area contributed by atoms with Crippen molar-refractivity contribution in [1.29, 1.82) is 0 Å². The number of benzene rings is 3. The number of anilines is 1. The number of halogens is 2. The smallest absolute Gasteiger partial charge is 0.261 e. The van der Waals surface area contributed by atoms with E-state index in [-0.39, 0.29) is 5.91 Å². The van der Waals surface area contributed by atoms with Gasteiger partial charge in [-0.05, 0) is 54.8 Å². The molecule has 0 spiro atoms. The normalized spacial score (nSPS) is 11.0. The van der Waals surface area contributed by atoms with Gasteiger partial charge in [-0.1, -0.05) is 75.3 Å². The second kappa shape index (κ2) is 8.27. The highest BCUT2D eigenvalue weighted by molar-refractivity contribution is 9.10. The lowest BCUT2D eigenvalue weighted by Gasteiger charge is -2.21. The van der Waals surface area contributed by atoms with Crippen LogP contribution in [0.1, 0.15) is 27.0 Å². The number of amides is 1. The van der Waals surface area contributed by atoms with Crippen LogP contribution < -0.4 is 4.90 Å². The van der Waals surface area contributed by atoms with Crippen LogP contribution in [0.15, 0.2) is 65.1 Å². The largest absolute Gasteiger partial charge is 0.279 e. The van der Waals surface area contributed by atoms with Gasteiger partial charge >= 0.3 is 0 Å². The average molecular weight is 486 g/mol. The van der Waals surface area contributed by atoms with Crippen molar-refractivity contribution in [2.75, 3.05) is 4.90 Å². The van der Waals surface area contributed by atoms with E-state index in [1.54, 1.807) is 17.0 Å². The Morgan fingerprint density at radius 2 is 1.86 bits per heavy atom. The summed E-state index contributed by atoms with van der Waals surface area (Å²) < 4.78 is 1.90. The molecule has 0 aliphatic heterocycles. The van der Waals surface area contributed by atoms with E-state index >= 15 is 0 Å². The molecule has 6 heteroatoms. The monoisotopic (exact) mass is 484 g/mol. The number of aryl methyl sites for hydroxylation is 2. The molecular formula is C23H18BrClN2OS. The van der Waals surface area contributed by atoms with Crippen LogP contribution in [0.5, 0.6) is 0 Å². The number of hydrogen-bond donors (Lipinski definition) is 0. The molecule has 0 fully saturated rings. The summed E-state index contributed by atoms with van der Waals surface area (Å²) in [5.74, 6) is -0.173. The Bertz CT molecular complexity index is 1210. The Hall–Kier alpha value is -2.21. The van der Waals surface area contributed by atoms with Crippen molar-refractivity contribution in [2.45, 2.75) is 20.4 Å². The molecular weight excluding hydrogens is 468 g/mol. The molecule has 4 rings (SSSR count). The summed E-state index contributed by atoms with van der Waals surface area (Å²) in [6.45, 7) is 4.55. The van der Waals surface area contributed by atoms with Gasteiger partial charge in [0.15, 0.2) is 5.13 Å². The highest BCUT2D eigenvalue weighted by Gasteiger charge is 2.24. The summed E-state index contributed by atoms with van der Waals surface area (Å²) in [7, 11) is 0. The van der Waals surface area contributed by atoms with Crippen molar-refractivity contribution in [3.05, 3.63) is 92.4 Å². The Morgan fingerprint density at radius 3 is 2.62 bits per heavy atom. The molecule has 0 atom stereocenters. The second-order valence-electron chi connectivity index (χ2n) is 6.93. The molecule has 1 heterocycles. The van der Waals surface area contributed by atoms with E-state index in [4.69, 9.17) is 16.6 Å². The Kier molecular flexibility index (Phi) is 5.72. The van der Waals surface area contributed by atoms with Crippen molar-refractivity contribution >= 4 is 60.1 Å². The molecule has 0 saturated heterocycles. The van der Waals surface area contributed by atoms with Crippen molar-refractivity contribution < 1.29 is 4.79 Å². The van der Waals surface area contributed by atoms with E-state index in [9.17, 15) is 4.79 Å². The molecule has 0 aliphatic carbocycles. The molecule has 0 unspecified atom stereocenters. The highest BCUT2D eigenvalue weighted by atomic mass is 79.9. The third kappa shape index (κ3) is 4.22. The molecule has 0 bridgehead atoms. The summed E-state index contributed by atoms with van der Waals surface area (Å²) in [6.07, 6.45) is 0.